The summed E-state index contributed by atoms with van der Waals surface area (Å²) in [4.78, 5) is 29.8. The molecule has 2 heterocycles. The molecule has 244 valence electrons. The van der Waals surface area contributed by atoms with Gasteiger partial charge in [-0.15, -0.1) is 24.8 Å². The molecule has 1 saturated heterocycles. The topological polar surface area (TPSA) is 59.1 Å². The molecule has 0 atom stereocenters. The lowest BCUT2D eigenvalue weighted by atomic mass is 9.90. The molecule has 0 aromatic heterocycles. The minimum Gasteiger partial charge on any atom is -0.482 e. The second-order valence-corrected chi connectivity index (χ2v) is 12.0. The number of carbonyl (C=O) groups is 2. The van der Waals surface area contributed by atoms with Crippen molar-refractivity contribution in [2.45, 2.75) is 65.0 Å². The molecule has 0 radical (unpaired) electrons. The number of likely N-dealkylation sites (tertiary alicyclic amines) is 1. The highest BCUT2D eigenvalue weighted by Crippen LogP contribution is 2.27. The van der Waals surface area contributed by atoms with E-state index in [4.69, 9.17) is 9.47 Å². The summed E-state index contributed by atoms with van der Waals surface area (Å²) < 4.78 is 10.7. The number of nitrogens with zero attached hydrogens (tertiary/aromatic N) is 2. The predicted octanol–water partition coefficient (Wildman–Crippen LogP) is 7.34. The van der Waals surface area contributed by atoms with Gasteiger partial charge in [0, 0.05) is 43.7 Å². The minimum absolute atomic E-state index is 0. The fourth-order valence-corrected chi connectivity index (χ4v) is 6.43. The number of hydrogen-bond acceptors (Lipinski definition) is 6. The van der Waals surface area contributed by atoms with Crippen LogP contribution in [-0.4, -0.2) is 60.9 Å². The Balaban J connectivity index is 0.00000276. The lowest BCUT2D eigenvalue weighted by molar-refractivity contribution is -0.145. The lowest BCUT2D eigenvalue weighted by Gasteiger charge is -2.32. The van der Waals surface area contributed by atoms with Crippen LogP contribution in [0.4, 0.5) is 0 Å². The molecule has 3 aromatic rings. The maximum absolute atomic E-state index is 13.1. The van der Waals surface area contributed by atoms with E-state index in [2.05, 4.69) is 64.4 Å². The molecule has 6 nitrogen and oxygen atoms in total. The van der Waals surface area contributed by atoms with E-state index in [1.54, 1.807) is 6.92 Å². The van der Waals surface area contributed by atoms with Gasteiger partial charge in [0.15, 0.2) is 12.4 Å². The number of fused-ring (bicyclic) bond motifs is 1. The largest absolute Gasteiger partial charge is 0.482 e. The van der Waals surface area contributed by atoms with E-state index in [-0.39, 0.29) is 43.2 Å². The first-order valence-corrected chi connectivity index (χ1v) is 16.1. The van der Waals surface area contributed by atoms with E-state index >= 15 is 0 Å². The SMILES string of the molecule is CCOC(=O)COc1ccccc1CN1CCC(CCCC(=O)c2ccc3c(c2)CCN(Cc2ccccc2)CC3)CC1.Cl.Cl. The van der Waals surface area contributed by atoms with E-state index in [0.717, 1.165) is 94.7 Å². The molecule has 0 aliphatic carbocycles. The zero-order valence-corrected chi connectivity index (χ0v) is 28.1. The summed E-state index contributed by atoms with van der Waals surface area (Å²) in [5.74, 6) is 1.36. The van der Waals surface area contributed by atoms with Crippen LogP contribution >= 0.6 is 24.8 Å². The zero-order valence-electron chi connectivity index (χ0n) is 26.5. The number of piperidine rings is 1. The van der Waals surface area contributed by atoms with Crippen LogP contribution in [-0.2, 0) is 35.5 Å². The van der Waals surface area contributed by atoms with Gasteiger partial charge in [-0.3, -0.25) is 14.6 Å². The Hall–Kier alpha value is -2.90. The lowest BCUT2D eigenvalue weighted by Crippen LogP contribution is -2.33. The Morgan fingerprint density at radius 3 is 2.24 bits per heavy atom. The van der Waals surface area contributed by atoms with Gasteiger partial charge in [-0.2, -0.15) is 0 Å². The number of benzene rings is 3. The highest BCUT2D eigenvalue weighted by Gasteiger charge is 2.21. The van der Waals surface area contributed by atoms with Crippen LogP contribution < -0.4 is 4.74 Å². The molecule has 8 heteroatoms. The van der Waals surface area contributed by atoms with Crippen molar-refractivity contribution >= 4 is 36.6 Å². The van der Waals surface area contributed by atoms with Gasteiger partial charge in [0.1, 0.15) is 5.75 Å². The predicted molar refractivity (Wildman–Crippen MR) is 185 cm³/mol. The number of carbonyl (C=O) groups excluding carboxylic acids is 2. The number of ketones is 1. The van der Waals surface area contributed by atoms with Crippen molar-refractivity contribution in [1.82, 2.24) is 9.80 Å². The second-order valence-electron chi connectivity index (χ2n) is 12.0. The van der Waals surface area contributed by atoms with Gasteiger partial charge in [0.05, 0.1) is 6.61 Å². The van der Waals surface area contributed by atoms with Gasteiger partial charge in [0.25, 0.3) is 0 Å². The van der Waals surface area contributed by atoms with Gasteiger partial charge >= 0.3 is 5.97 Å². The van der Waals surface area contributed by atoms with Crippen molar-refractivity contribution in [3.05, 3.63) is 101 Å². The molecule has 0 saturated carbocycles. The van der Waals surface area contributed by atoms with Gasteiger partial charge < -0.3 is 9.47 Å². The van der Waals surface area contributed by atoms with Crippen molar-refractivity contribution in [3.8, 4) is 5.75 Å². The molecule has 0 N–H and O–H groups in total. The van der Waals surface area contributed by atoms with Gasteiger partial charge in [0.2, 0.25) is 0 Å². The number of hydrogen-bond donors (Lipinski definition) is 0. The minimum atomic E-state index is -0.343. The Morgan fingerprint density at radius 2 is 1.49 bits per heavy atom. The number of rotatable bonds is 13. The van der Waals surface area contributed by atoms with Gasteiger partial charge in [-0.1, -0.05) is 60.7 Å². The summed E-state index contributed by atoms with van der Waals surface area (Å²) >= 11 is 0. The molecule has 0 amide bonds. The summed E-state index contributed by atoms with van der Waals surface area (Å²) in [6.07, 6.45) is 7.04. The third kappa shape index (κ3) is 11.1. The van der Waals surface area contributed by atoms with Crippen LogP contribution in [0.1, 0.15) is 71.6 Å². The normalized spacial score (nSPS) is 15.6. The highest BCUT2D eigenvalue weighted by molar-refractivity contribution is 5.96. The summed E-state index contributed by atoms with van der Waals surface area (Å²) in [6, 6.07) is 25.1. The van der Waals surface area contributed by atoms with Crippen molar-refractivity contribution in [2.75, 3.05) is 39.4 Å². The molecule has 0 unspecified atom stereocenters. The Bertz CT molecular complexity index is 1350. The van der Waals surface area contributed by atoms with Crippen molar-refractivity contribution < 1.29 is 19.1 Å². The van der Waals surface area contributed by atoms with Crippen molar-refractivity contribution in [2.24, 2.45) is 5.92 Å². The molecule has 5 rings (SSSR count). The summed E-state index contributed by atoms with van der Waals surface area (Å²) in [5, 5.41) is 0. The van der Waals surface area contributed by atoms with E-state index in [0.29, 0.717) is 18.9 Å². The summed E-state index contributed by atoms with van der Waals surface area (Å²) in [5.41, 5.74) is 6.08. The van der Waals surface area contributed by atoms with E-state index in [1.807, 2.05) is 18.2 Å². The Morgan fingerprint density at radius 1 is 0.800 bits per heavy atom. The van der Waals surface area contributed by atoms with E-state index in [1.165, 1.54) is 16.7 Å². The van der Waals surface area contributed by atoms with Crippen LogP contribution in [0.5, 0.6) is 5.75 Å². The molecule has 2 aliphatic heterocycles. The number of ether oxygens (including phenoxy) is 2. The first-order valence-electron chi connectivity index (χ1n) is 16.1. The molecule has 0 spiro atoms. The Labute approximate surface area is 281 Å². The molecule has 45 heavy (non-hydrogen) atoms. The first-order chi connectivity index (χ1) is 21.1. The molecular weight excluding hydrogens is 607 g/mol. The molecular formula is C37H48Cl2N2O4. The zero-order chi connectivity index (χ0) is 29.9. The highest BCUT2D eigenvalue weighted by atomic mass is 35.5. The molecule has 3 aromatic carbocycles. The second kappa shape index (κ2) is 18.9. The summed E-state index contributed by atoms with van der Waals surface area (Å²) in [6.45, 7) is 8.05. The smallest absolute Gasteiger partial charge is 0.344 e. The Kier molecular flexibility index (Phi) is 15.4. The third-order valence-electron chi connectivity index (χ3n) is 8.91. The monoisotopic (exact) mass is 654 g/mol. The average molecular weight is 656 g/mol. The standard InChI is InChI=1S/C37H46N2O4.2ClH/c1-2-42-37(41)28-43-36-14-7-6-12-34(36)27-39-21-17-29(18-22-39)11-8-13-35(40)33-16-15-31-19-23-38(24-20-32(31)25-33)26-30-9-4-3-5-10-30;;/h3-7,9-10,12,14-16,25,29H,2,8,11,13,17-24,26-28H2,1H3;2*1H. The number of esters is 1. The van der Waals surface area contributed by atoms with Crippen LogP contribution in [0, 0.1) is 5.92 Å². The number of Topliss-reactive ketones (excluding diaryl/α,β-unsaturated/α-hetero) is 1. The van der Waals surface area contributed by atoms with Crippen LogP contribution in [0.2, 0.25) is 0 Å². The van der Waals surface area contributed by atoms with Crippen molar-refractivity contribution in [1.29, 1.82) is 0 Å². The van der Waals surface area contributed by atoms with Crippen LogP contribution in [0.15, 0.2) is 72.8 Å². The van der Waals surface area contributed by atoms with Crippen LogP contribution in [0.25, 0.3) is 0 Å². The van der Waals surface area contributed by atoms with Crippen LogP contribution in [0.3, 0.4) is 0 Å². The first kappa shape index (κ1) is 36.6. The molecule has 1 fully saturated rings. The number of halogens is 2. The number of para-hydroxylation sites is 1. The third-order valence-corrected chi connectivity index (χ3v) is 8.91. The fourth-order valence-electron chi connectivity index (χ4n) is 6.43. The maximum Gasteiger partial charge on any atom is 0.344 e. The van der Waals surface area contributed by atoms with E-state index in [9.17, 15) is 9.59 Å². The van der Waals surface area contributed by atoms with Gasteiger partial charge in [-0.05, 0) is 93.3 Å². The molecule has 0 bridgehead atoms. The summed E-state index contributed by atoms with van der Waals surface area (Å²) in [7, 11) is 0. The average Bonchev–Trinajstić information content (AvgIpc) is 3.24. The van der Waals surface area contributed by atoms with Gasteiger partial charge in [-0.25, -0.2) is 4.79 Å². The maximum atomic E-state index is 13.1. The van der Waals surface area contributed by atoms with E-state index < -0.39 is 0 Å². The quantitative estimate of drug-likeness (QED) is 0.142. The van der Waals surface area contributed by atoms with Crippen molar-refractivity contribution in [3.63, 3.8) is 0 Å². The molecule has 2 aliphatic rings. The fraction of sp³-hybridized carbons (Fsp3) is 0.459.